The van der Waals surface area contributed by atoms with Crippen molar-refractivity contribution in [2.45, 2.75) is 31.1 Å². The first-order chi connectivity index (χ1) is 9.01. The van der Waals surface area contributed by atoms with Crippen LogP contribution >= 0.6 is 0 Å². The number of ether oxygens (including phenoxy) is 1. The van der Waals surface area contributed by atoms with E-state index in [1.807, 2.05) is 13.8 Å². The highest BCUT2D eigenvalue weighted by Gasteiger charge is 2.34. The van der Waals surface area contributed by atoms with Crippen LogP contribution in [0.15, 0.2) is 35.2 Å². The summed E-state index contributed by atoms with van der Waals surface area (Å²) in [6, 6.07) is 8.49. The maximum absolute atomic E-state index is 12.6. The van der Waals surface area contributed by atoms with Crippen molar-refractivity contribution in [1.82, 2.24) is 9.62 Å². The predicted molar refractivity (Wildman–Crippen MR) is 73.2 cm³/mol. The first-order valence-electron chi connectivity index (χ1n) is 6.45. The smallest absolute Gasteiger partial charge is 0.245 e. The fourth-order valence-corrected chi connectivity index (χ4v) is 3.63. The fourth-order valence-electron chi connectivity index (χ4n) is 2.09. The minimum absolute atomic E-state index is 0.0154. The molecule has 2 rings (SSSR count). The molecule has 106 valence electrons. The van der Waals surface area contributed by atoms with E-state index in [0.717, 1.165) is 0 Å². The summed E-state index contributed by atoms with van der Waals surface area (Å²) < 4.78 is 32.3. The Labute approximate surface area is 114 Å². The molecule has 0 bridgehead atoms. The summed E-state index contributed by atoms with van der Waals surface area (Å²) in [5.74, 6) is 0. The van der Waals surface area contributed by atoms with Gasteiger partial charge >= 0.3 is 0 Å². The maximum atomic E-state index is 12.6. The first kappa shape index (κ1) is 14.5. The van der Waals surface area contributed by atoms with Crippen molar-refractivity contribution in [3.8, 4) is 0 Å². The summed E-state index contributed by atoms with van der Waals surface area (Å²) in [5.41, 5.74) is 0. The lowest BCUT2D eigenvalue weighted by Gasteiger charge is -2.35. The van der Waals surface area contributed by atoms with Crippen LogP contribution in [0, 0.1) is 0 Å². The van der Waals surface area contributed by atoms with E-state index in [4.69, 9.17) is 4.74 Å². The second-order valence-electron chi connectivity index (χ2n) is 4.77. The summed E-state index contributed by atoms with van der Waals surface area (Å²) in [5, 5.41) is 3.16. The minimum Gasteiger partial charge on any atom is -0.358 e. The molecule has 1 aromatic carbocycles. The zero-order valence-corrected chi connectivity index (χ0v) is 12.1. The molecule has 0 amide bonds. The molecule has 0 aromatic heterocycles. The van der Waals surface area contributed by atoms with Gasteiger partial charge in [-0.3, -0.25) is 0 Å². The molecule has 0 radical (unpaired) electrons. The Bertz CT molecular complexity index is 502. The number of hydrogen-bond donors (Lipinski definition) is 1. The molecule has 19 heavy (non-hydrogen) atoms. The number of nitrogens with one attached hydrogen (secondary N) is 1. The number of benzene rings is 1. The van der Waals surface area contributed by atoms with E-state index in [9.17, 15) is 8.42 Å². The van der Waals surface area contributed by atoms with Crippen LogP contribution in [0.4, 0.5) is 0 Å². The average molecular weight is 284 g/mol. The molecule has 0 saturated carbocycles. The van der Waals surface area contributed by atoms with Gasteiger partial charge in [-0.05, 0) is 26.0 Å². The summed E-state index contributed by atoms with van der Waals surface area (Å²) in [6.07, 6.45) is -0.461. The molecule has 1 fully saturated rings. The Hall–Kier alpha value is -0.950. The molecule has 1 unspecified atom stereocenters. The average Bonchev–Trinajstić information content (AvgIpc) is 2.39. The van der Waals surface area contributed by atoms with Gasteiger partial charge < -0.3 is 10.1 Å². The van der Waals surface area contributed by atoms with Crippen molar-refractivity contribution < 1.29 is 13.2 Å². The largest absolute Gasteiger partial charge is 0.358 e. The van der Waals surface area contributed by atoms with Crippen LogP contribution in [0.25, 0.3) is 0 Å². The molecule has 5 nitrogen and oxygen atoms in total. The molecule has 1 saturated heterocycles. The van der Waals surface area contributed by atoms with E-state index in [0.29, 0.717) is 24.5 Å². The van der Waals surface area contributed by atoms with Crippen molar-refractivity contribution in [2.75, 3.05) is 19.6 Å². The monoisotopic (exact) mass is 284 g/mol. The van der Waals surface area contributed by atoms with Gasteiger partial charge in [0.1, 0.15) is 6.23 Å². The van der Waals surface area contributed by atoms with Gasteiger partial charge in [-0.2, -0.15) is 4.31 Å². The minimum atomic E-state index is -3.49. The molecule has 0 spiro atoms. The second kappa shape index (κ2) is 6.00. The standard InChI is InChI=1S/C13H20N2O3S/c1-11(2)18-13-10-14-8-9-15(13)19(16,17)12-6-4-3-5-7-12/h3-7,11,13-14H,8-10H2,1-2H3. The molecule has 1 aromatic rings. The van der Waals surface area contributed by atoms with Crippen molar-refractivity contribution in [3.63, 3.8) is 0 Å². The topological polar surface area (TPSA) is 58.6 Å². The highest BCUT2D eigenvalue weighted by molar-refractivity contribution is 7.89. The lowest BCUT2D eigenvalue weighted by Crippen LogP contribution is -2.55. The summed E-state index contributed by atoms with van der Waals surface area (Å²) >= 11 is 0. The molecule has 0 aliphatic carbocycles. The number of piperazine rings is 1. The Morgan fingerprint density at radius 3 is 2.63 bits per heavy atom. The summed E-state index contributed by atoms with van der Waals surface area (Å²) in [7, 11) is -3.49. The van der Waals surface area contributed by atoms with E-state index in [1.165, 1.54) is 4.31 Å². The fraction of sp³-hybridized carbons (Fsp3) is 0.538. The quantitative estimate of drug-likeness (QED) is 0.897. The highest BCUT2D eigenvalue weighted by atomic mass is 32.2. The van der Waals surface area contributed by atoms with Crippen molar-refractivity contribution >= 4 is 10.0 Å². The highest BCUT2D eigenvalue weighted by Crippen LogP contribution is 2.20. The third kappa shape index (κ3) is 3.33. The molecular formula is C13H20N2O3S. The number of sulfonamides is 1. The Morgan fingerprint density at radius 1 is 1.32 bits per heavy atom. The van der Waals surface area contributed by atoms with Gasteiger partial charge in [-0.15, -0.1) is 0 Å². The zero-order chi connectivity index (χ0) is 13.9. The van der Waals surface area contributed by atoms with Gasteiger partial charge in [0.25, 0.3) is 0 Å². The zero-order valence-electron chi connectivity index (χ0n) is 11.2. The van der Waals surface area contributed by atoms with Crippen LogP contribution < -0.4 is 5.32 Å². The Kier molecular flexibility index (Phi) is 4.57. The summed E-state index contributed by atoms with van der Waals surface area (Å²) in [6.45, 7) is 5.40. The first-order valence-corrected chi connectivity index (χ1v) is 7.89. The van der Waals surface area contributed by atoms with Crippen molar-refractivity contribution in [3.05, 3.63) is 30.3 Å². The third-order valence-electron chi connectivity index (χ3n) is 2.93. The summed E-state index contributed by atoms with van der Waals surface area (Å²) in [4.78, 5) is 0.314. The molecule has 1 atom stereocenters. The SMILES string of the molecule is CC(C)OC1CNCCN1S(=O)(=O)c1ccccc1. The van der Waals surface area contributed by atoms with Gasteiger partial charge in [0, 0.05) is 19.6 Å². The van der Waals surface area contributed by atoms with E-state index < -0.39 is 16.3 Å². The molecule has 1 N–H and O–H groups in total. The lowest BCUT2D eigenvalue weighted by molar-refractivity contribution is -0.0615. The van der Waals surface area contributed by atoms with Crippen LogP contribution in [-0.2, 0) is 14.8 Å². The van der Waals surface area contributed by atoms with Crippen molar-refractivity contribution in [2.24, 2.45) is 0 Å². The van der Waals surface area contributed by atoms with Crippen LogP contribution in [0.1, 0.15) is 13.8 Å². The lowest BCUT2D eigenvalue weighted by atomic mass is 10.4. The van der Waals surface area contributed by atoms with Gasteiger partial charge in [-0.1, -0.05) is 18.2 Å². The predicted octanol–water partition coefficient (Wildman–Crippen LogP) is 1.03. The van der Waals surface area contributed by atoms with Crippen molar-refractivity contribution in [1.29, 1.82) is 0 Å². The van der Waals surface area contributed by atoms with E-state index in [2.05, 4.69) is 5.32 Å². The van der Waals surface area contributed by atoms with Gasteiger partial charge in [-0.25, -0.2) is 8.42 Å². The second-order valence-corrected chi connectivity index (χ2v) is 6.66. The number of rotatable bonds is 4. The molecule has 1 aliphatic rings. The van der Waals surface area contributed by atoms with Crippen LogP contribution in [0.2, 0.25) is 0 Å². The Morgan fingerprint density at radius 2 is 2.00 bits per heavy atom. The third-order valence-corrected chi connectivity index (χ3v) is 4.83. The van der Waals surface area contributed by atoms with E-state index in [-0.39, 0.29) is 6.10 Å². The van der Waals surface area contributed by atoms with E-state index >= 15 is 0 Å². The molecule has 6 heteroatoms. The van der Waals surface area contributed by atoms with Gasteiger partial charge in [0.05, 0.1) is 11.0 Å². The molecule has 1 heterocycles. The Balaban J connectivity index is 2.26. The van der Waals surface area contributed by atoms with Crippen LogP contribution in [0.5, 0.6) is 0 Å². The molecular weight excluding hydrogens is 264 g/mol. The maximum Gasteiger partial charge on any atom is 0.245 e. The van der Waals surface area contributed by atoms with Gasteiger partial charge in [0.15, 0.2) is 0 Å². The molecule has 1 aliphatic heterocycles. The number of hydrogen-bond acceptors (Lipinski definition) is 4. The number of nitrogens with zero attached hydrogens (tertiary/aromatic N) is 1. The van der Waals surface area contributed by atoms with E-state index in [1.54, 1.807) is 30.3 Å². The van der Waals surface area contributed by atoms with Crippen LogP contribution in [0.3, 0.4) is 0 Å². The van der Waals surface area contributed by atoms with Gasteiger partial charge in [0.2, 0.25) is 10.0 Å². The van der Waals surface area contributed by atoms with Crippen LogP contribution in [-0.4, -0.2) is 44.7 Å². The normalized spacial score (nSPS) is 21.7.